The first kappa shape index (κ1) is 13.7. The van der Waals surface area contributed by atoms with Gasteiger partial charge in [0.15, 0.2) is 0 Å². The second-order valence-corrected chi connectivity index (χ2v) is 4.30. The van der Waals surface area contributed by atoms with E-state index >= 15 is 0 Å². The van der Waals surface area contributed by atoms with Crippen molar-refractivity contribution < 1.29 is 14.9 Å². The molecule has 0 fully saturated rings. The molecule has 100 valence electrons. The maximum atomic E-state index is 9.46. The Morgan fingerprint density at radius 2 is 1.05 bits per heavy atom. The van der Waals surface area contributed by atoms with E-state index in [-0.39, 0.29) is 13.2 Å². The van der Waals surface area contributed by atoms with Gasteiger partial charge in [-0.3, -0.25) is 0 Å². The van der Waals surface area contributed by atoms with Crippen LogP contribution in [0.25, 0.3) is 0 Å². The quantitative estimate of drug-likeness (QED) is 0.837. The molecule has 0 aliphatic heterocycles. The van der Waals surface area contributed by atoms with Gasteiger partial charge < -0.3 is 14.9 Å². The first-order valence-electron chi connectivity index (χ1n) is 6.32. The van der Waals surface area contributed by atoms with Crippen molar-refractivity contribution in [2.45, 2.75) is 12.2 Å². The molecule has 0 aliphatic rings. The normalized spacial score (nSPS) is 14.0. The second kappa shape index (κ2) is 7.04. The van der Waals surface area contributed by atoms with Crippen LogP contribution < -0.4 is 0 Å². The molecule has 19 heavy (non-hydrogen) atoms. The summed E-state index contributed by atoms with van der Waals surface area (Å²) in [5, 5.41) is 18.9. The van der Waals surface area contributed by atoms with Gasteiger partial charge in [0.2, 0.25) is 0 Å². The fourth-order valence-corrected chi connectivity index (χ4v) is 1.99. The molecule has 0 amide bonds. The van der Waals surface area contributed by atoms with E-state index in [1.165, 1.54) is 0 Å². The molecule has 2 unspecified atom stereocenters. The van der Waals surface area contributed by atoms with Crippen molar-refractivity contribution in [2.24, 2.45) is 0 Å². The average molecular weight is 258 g/mol. The minimum atomic E-state index is -0.432. The summed E-state index contributed by atoms with van der Waals surface area (Å²) in [7, 11) is 0. The Labute approximate surface area is 113 Å². The standard InChI is InChI=1S/C16H18O3/c17-11-15(13-7-3-1-4-8-13)19-16(12-18)14-9-5-2-6-10-14/h1-10,15-18H,11-12H2. The van der Waals surface area contributed by atoms with Crippen molar-refractivity contribution in [1.82, 2.24) is 0 Å². The predicted octanol–water partition coefficient (Wildman–Crippen LogP) is 2.47. The highest BCUT2D eigenvalue weighted by molar-refractivity contribution is 5.20. The molecule has 3 nitrogen and oxygen atoms in total. The van der Waals surface area contributed by atoms with Crippen LogP contribution in [0.1, 0.15) is 23.3 Å². The highest BCUT2D eigenvalue weighted by atomic mass is 16.5. The molecule has 0 aromatic heterocycles. The first-order chi connectivity index (χ1) is 9.35. The molecule has 3 heteroatoms. The zero-order chi connectivity index (χ0) is 13.5. The largest absolute Gasteiger partial charge is 0.393 e. The molecule has 2 rings (SSSR count). The topological polar surface area (TPSA) is 49.7 Å². The van der Waals surface area contributed by atoms with Gasteiger partial charge in [0.1, 0.15) is 12.2 Å². The van der Waals surface area contributed by atoms with Crippen LogP contribution in [-0.2, 0) is 4.74 Å². The predicted molar refractivity (Wildman–Crippen MR) is 73.6 cm³/mol. The van der Waals surface area contributed by atoms with Crippen LogP contribution in [0.4, 0.5) is 0 Å². The zero-order valence-corrected chi connectivity index (χ0v) is 10.6. The lowest BCUT2D eigenvalue weighted by molar-refractivity contribution is -0.0641. The number of hydrogen-bond acceptors (Lipinski definition) is 3. The first-order valence-corrected chi connectivity index (χ1v) is 6.32. The van der Waals surface area contributed by atoms with Crippen molar-refractivity contribution in [1.29, 1.82) is 0 Å². The highest BCUT2D eigenvalue weighted by Crippen LogP contribution is 2.26. The fraction of sp³-hybridized carbons (Fsp3) is 0.250. The molecule has 2 aromatic carbocycles. The van der Waals surface area contributed by atoms with Crippen LogP contribution in [0.3, 0.4) is 0 Å². The SMILES string of the molecule is OCC(OC(CO)c1ccccc1)c1ccccc1. The van der Waals surface area contributed by atoms with E-state index in [0.717, 1.165) is 11.1 Å². The average Bonchev–Trinajstić information content (AvgIpc) is 2.50. The van der Waals surface area contributed by atoms with E-state index in [9.17, 15) is 10.2 Å². The maximum Gasteiger partial charge on any atom is 0.106 e. The summed E-state index contributed by atoms with van der Waals surface area (Å²) in [6.07, 6.45) is -0.864. The molecular formula is C16H18O3. The number of aliphatic hydroxyl groups excluding tert-OH is 2. The zero-order valence-electron chi connectivity index (χ0n) is 10.6. The number of aliphatic hydroxyl groups is 2. The van der Waals surface area contributed by atoms with Gasteiger partial charge in [-0.05, 0) is 11.1 Å². The summed E-state index contributed by atoms with van der Waals surface area (Å²) >= 11 is 0. The van der Waals surface area contributed by atoms with Gasteiger partial charge in [-0.1, -0.05) is 60.7 Å². The van der Waals surface area contributed by atoms with E-state index in [1.807, 2.05) is 60.7 Å². The van der Waals surface area contributed by atoms with Gasteiger partial charge >= 0.3 is 0 Å². The third-order valence-corrected chi connectivity index (χ3v) is 3.00. The Kier molecular flexibility index (Phi) is 5.10. The molecule has 0 radical (unpaired) electrons. The smallest absolute Gasteiger partial charge is 0.106 e. The van der Waals surface area contributed by atoms with Gasteiger partial charge in [0, 0.05) is 0 Å². The van der Waals surface area contributed by atoms with Gasteiger partial charge in [0.25, 0.3) is 0 Å². The molecule has 0 heterocycles. The Balaban J connectivity index is 2.13. The monoisotopic (exact) mass is 258 g/mol. The third kappa shape index (κ3) is 3.64. The van der Waals surface area contributed by atoms with Gasteiger partial charge in [0.05, 0.1) is 13.2 Å². The van der Waals surface area contributed by atoms with Crippen molar-refractivity contribution in [3.63, 3.8) is 0 Å². The lowest BCUT2D eigenvalue weighted by Gasteiger charge is -2.23. The van der Waals surface area contributed by atoms with Gasteiger partial charge in [-0.25, -0.2) is 0 Å². The molecule has 2 atom stereocenters. The number of ether oxygens (including phenoxy) is 1. The Bertz CT molecular complexity index is 424. The maximum absolute atomic E-state index is 9.46. The van der Waals surface area contributed by atoms with Crippen LogP contribution in [0, 0.1) is 0 Å². The highest BCUT2D eigenvalue weighted by Gasteiger charge is 2.18. The lowest BCUT2D eigenvalue weighted by Crippen LogP contribution is -2.16. The molecule has 0 spiro atoms. The van der Waals surface area contributed by atoms with Crippen molar-refractivity contribution in [3.8, 4) is 0 Å². The van der Waals surface area contributed by atoms with Crippen molar-refractivity contribution in [3.05, 3.63) is 71.8 Å². The molecular weight excluding hydrogens is 240 g/mol. The molecule has 0 aliphatic carbocycles. The van der Waals surface area contributed by atoms with E-state index in [0.29, 0.717) is 0 Å². The summed E-state index contributed by atoms with van der Waals surface area (Å²) in [5.41, 5.74) is 1.80. The summed E-state index contributed by atoms with van der Waals surface area (Å²) < 4.78 is 5.82. The summed E-state index contributed by atoms with van der Waals surface area (Å²) in [6, 6.07) is 19.0. The summed E-state index contributed by atoms with van der Waals surface area (Å²) in [6.45, 7) is -0.235. The number of rotatable bonds is 6. The minimum absolute atomic E-state index is 0.118. The van der Waals surface area contributed by atoms with Crippen LogP contribution >= 0.6 is 0 Å². The number of benzene rings is 2. The van der Waals surface area contributed by atoms with E-state index < -0.39 is 12.2 Å². The van der Waals surface area contributed by atoms with Crippen LogP contribution in [0.2, 0.25) is 0 Å². The van der Waals surface area contributed by atoms with Crippen molar-refractivity contribution >= 4 is 0 Å². The van der Waals surface area contributed by atoms with Crippen LogP contribution in [-0.4, -0.2) is 23.4 Å². The molecule has 0 saturated heterocycles. The van der Waals surface area contributed by atoms with Crippen LogP contribution in [0.15, 0.2) is 60.7 Å². The molecule has 2 N–H and O–H groups in total. The van der Waals surface area contributed by atoms with Gasteiger partial charge in [-0.15, -0.1) is 0 Å². The Hall–Kier alpha value is -1.68. The van der Waals surface area contributed by atoms with Crippen LogP contribution in [0.5, 0.6) is 0 Å². The minimum Gasteiger partial charge on any atom is -0.393 e. The Morgan fingerprint density at radius 1 is 0.684 bits per heavy atom. The molecule has 0 saturated carbocycles. The lowest BCUT2D eigenvalue weighted by atomic mass is 10.1. The fourth-order valence-electron chi connectivity index (χ4n) is 1.99. The summed E-state index contributed by atoms with van der Waals surface area (Å²) in [5.74, 6) is 0. The van der Waals surface area contributed by atoms with E-state index in [1.54, 1.807) is 0 Å². The van der Waals surface area contributed by atoms with E-state index in [4.69, 9.17) is 4.74 Å². The Morgan fingerprint density at radius 3 is 1.37 bits per heavy atom. The number of hydrogen-bond donors (Lipinski definition) is 2. The molecule has 2 aromatic rings. The van der Waals surface area contributed by atoms with Crippen molar-refractivity contribution in [2.75, 3.05) is 13.2 Å². The third-order valence-electron chi connectivity index (χ3n) is 3.00. The summed E-state index contributed by atoms with van der Waals surface area (Å²) in [4.78, 5) is 0. The second-order valence-electron chi connectivity index (χ2n) is 4.30. The molecule has 0 bridgehead atoms. The van der Waals surface area contributed by atoms with Gasteiger partial charge in [-0.2, -0.15) is 0 Å². The van der Waals surface area contributed by atoms with E-state index in [2.05, 4.69) is 0 Å².